The summed E-state index contributed by atoms with van der Waals surface area (Å²) in [6.07, 6.45) is 2.87. The smallest absolute Gasteiger partial charge is 0.337 e. The van der Waals surface area contributed by atoms with Crippen LogP contribution in [0.1, 0.15) is 17.2 Å². The average molecular weight is 498 g/mol. The van der Waals surface area contributed by atoms with E-state index in [-0.39, 0.29) is 16.2 Å². The second kappa shape index (κ2) is 11.5. The average Bonchev–Trinajstić information content (AvgIpc) is 3.30. The van der Waals surface area contributed by atoms with Gasteiger partial charge in [0.25, 0.3) is 10.0 Å². The molecular formula is C25H24FN3O5S. The molecule has 0 saturated carbocycles. The van der Waals surface area contributed by atoms with Crippen LogP contribution in [0.4, 0.5) is 4.39 Å². The molecule has 10 heteroatoms. The SMILES string of the molecule is CNCc1cc(-c2ccccc2F)n(S(=O)(=O)c2cccnc2)c1.O=C(O)C(O)c1ccccc1. The Morgan fingerprint density at radius 2 is 1.77 bits per heavy atom. The van der Waals surface area contributed by atoms with Gasteiger partial charge in [-0.05, 0) is 48.5 Å². The fourth-order valence-corrected chi connectivity index (χ4v) is 4.61. The van der Waals surface area contributed by atoms with E-state index >= 15 is 0 Å². The Bertz CT molecular complexity index is 1380. The Balaban J connectivity index is 0.000000261. The van der Waals surface area contributed by atoms with E-state index in [1.807, 2.05) is 0 Å². The van der Waals surface area contributed by atoms with Gasteiger partial charge in [0.1, 0.15) is 10.7 Å². The van der Waals surface area contributed by atoms with Gasteiger partial charge < -0.3 is 15.5 Å². The molecule has 1 atom stereocenters. The molecule has 2 heterocycles. The van der Waals surface area contributed by atoms with Gasteiger partial charge in [-0.25, -0.2) is 21.6 Å². The first-order valence-corrected chi connectivity index (χ1v) is 11.9. The second-order valence-corrected chi connectivity index (χ2v) is 9.20. The van der Waals surface area contributed by atoms with Gasteiger partial charge in [-0.15, -0.1) is 0 Å². The van der Waals surface area contributed by atoms with Crippen molar-refractivity contribution in [3.05, 3.63) is 108 Å². The van der Waals surface area contributed by atoms with E-state index in [2.05, 4.69) is 10.3 Å². The second-order valence-electron chi connectivity index (χ2n) is 7.38. The molecule has 4 rings (SSSR count). The van der Waals surface area contributed by atoms with Crippen molar-refractivity contribution in [2.24, 2.45) is 0 Å². The number of aliphatic hydroxyl groups is 1. The largest absolute Gasteiger partial charge is 0.479 e. The van der Waals surface area contributed by atoms with Gasteiger partial charge in [0, 0.05) is 30.7 Å². The monoisotopic (exact) mass is 497 g/mol. The van der Waals surface area contributed by atoms with Gasteiger partial charge in [0.2, 0.25) is 0 Å². The number of carboxylic acid groups (broad SMARTS) is 1. The van der Waals surface area contributed by atoms with Crippen LogP contribution in [0.2, 0.25) is 0 Å². The summed E-state index contributed by atoms with van der Waals surface area (Å²) < 4.78 is 41.2. The summed E-state index contributed by atoms with van der Waals surface area (Å²) in [5, 5.41) is 20.4. The van der Waals surface area contributed by atoms with Gasteiger partial charge in [-0.2, -0.15) is 0 Å². The van der Waals surface area contributed by atoms with E-state index in [4.69, 9.17) is 10.2 Å². The minimum Gasteiger partial charge on any atom is -0.479 e. The third-order valence-electron chi connectivity index (χ3n) is 4.91. The fraction of sp³-hybridized carbons (Fsp3) is 0.120. The first kappa shape index (κ1) is 25.8. The lowest BCUT2D eigenvalue weighted by Crippen LogP contribution is -2.14. The molecule has 4 aromatic rings. The highest BCUT2D eigenvalue weighted by molar-refractivity contribution is 7.90. The molecule has 0 fully saturated rings. The molecule has 0 radical (unpaired) electrons. The molecule has 8 nitrogen and oxygen atoms in total. The number of nitrogens with zero attached hydrogens (tertiary/aromatic N) is 2. The summed E-state index contributed by atoms with van der Waals surface area (Å²) in [4.78, 5) is 14.2. The van der Waals surface area contributed by atoms with Crippen molar-refractivity contribution in [3.63, 3.8) is 0 Å². The van der Waals surface area contributed by atoms with Crippen molar-refractivity contribution in [2.45, 2.75) is 17.5 Å². The van der Waals surface area contributed by atoms with E-state index in [0.29, 0.717) is 12.1 Å². The number of aromatic nitrogens is 2. The van der Waals surface area contributed by atoms with Crippen LogP contribution < -0.4 is 5.32 Å². The normalized spacial score (nSPS) is 11.9. The molecule has 0 saturated heterocycles. The van der Waals surface area contributed by atoms with Crippen molar-refractivity contribution < 1.29 is 27.8 Å². The lowest BCUT2D eigenvalue weighted by molar-refractivity contribution is -0.146. The zero-order valence-electron chi connectivity index (χ0n) is 18.7. The lowest BCUT2D eigenvalue weighted by atomic mass is 10.1. The number of carboxylic acids is 1. The molecule has 1 unspecified atom stereocenters. The molecule has 2 aromatic carbocycles. The van der Waals surface area contributed by atoms with Gasteiger partial charge >= 0.3 is 5.97 Å². The quantitative estimate of drug-likeness (QED) is 0.358. The number of hydrogen-bond donors (Lipinski definition) is 3. The molecule has 3 N–H and O–H groups in total. The van der Waals surface area contributed by atoms with Crippen LogP contribution >= 0.6 is 0 Å². The van der Waals surface area contributed by atoms with Crippen LogP contribution in [0.15, 0.2) is 96.3 Å². The zero-order valence-corrected chi connectivity index (χ0v) is 19.6. The lowest BCUT2D eigenvalue weighted by Gasteiger charge is -2.10. The van der Waals surface area contributed by atoms with Gasteiger partial charge in [0.05, 0.1) is 5.69 Å². The Labute approximate surface area is 202 Å². The number of aliphatic carboxylic acids is 1. The summed E-state index contributed by atoms with van der Waals surface area (Å²) in [6.45, 7) is 0.469. The van der Waals surface area contributed by atoms with Crippen LogP contribution in [0.5, 0.6) is 0 Å². The minimum atomic E-state index is -3.87. The van der Waals surface area contributed by atoms with Gasteiger partial charge in [0.15, 0.2) is 6.10 Å². The van der Waals surface area contributed by atoms with E-state index in [9.17, 15) is 17.6 Å². The molecule has 0 aliphatic heterocycles. The molecule has 2 aromatic heterocycles. The number of aliphatic hydroxyl groups excluding tert-OH is 1. The molecule has 0 amide bonds. The van der Waals surface area contributed by atoms with Gasteiger partial charge in [-0.1, -0.05) is 42.5 Å². The molecule has 0 aliphatic carbocycles. The predicted molar refractivity (Wildman–Crippen MR) is 128 cm³/mol. The number of nitrogens with one attached hydrogen (secondary N) is 1. The van der Waals surface area contributed by atoms with Gasteiger partial charge in [-0.3, -0.25) is 4.98 Å². The maximum Gasteiger partial charge on any atom is 0.337 e. The highest BCUT2D eigenvalue weighted by Crippen LogP contribution is 2.28. The Morgan fingerprint density at radius 1 is 1.09 bits per heavy atom. The zero-order chi connectivity index (χ0) is 25.4. The van der Waals surface area contributed by atoms with Crippen molar-refractivity contribution in [3.8, 4) is 11.3 Å². The maximum absolute atomic E-state index is 14.2. The maximum atomic E-state index is 14.2. The standard InChI is InChI=1S/C17H16FN3O2S.C8H8O3/c1-19-10-13-9-17(15-6-2-3-7-16(15)18)21(12-13)24(22,23)14-5-4-8-20-11-14;9-7(8(10)11)6-4-2-1-3-5-6/h2-9,11-12,19H,10H2,1H3;1-5,7,9H,(H,10,11). The number of carbonyl (C=O) groups is 1. The highest BCUT2D eigenvalue weighted by Gasteiger charge is 2.23. The van der Waals surface area contributed by atoms with Crippen molar-refractivity contribution in [1.82, 2.24) is 14.3 Å². The third-order valence-corrected chi connectivity index (χ3v) is 6.57. The molecule has 0 aliphatic rings. The first-order chi connectivity index (χ1) is 16.8. The van der Waals surface area contributed by atoms with Crippen molar-refractivity contribution in [2.75, 3.05) is 7.05 Å². The minimum absolute atomic E-state index is 0.0502. The topological polar surface area (TPSA) is 122 Å². The van der Waals surface area contributed by atoms with E-state index in [0.717, 1.165) is 9.54 Å². The molecular weight excluding hydrogens is 473 g/mol. The van der Waals surface area contributed by atoms with Crippen LogP contribution in [0.3, 0.4) is 0 Å². The molecule has 0 bridgehead atoms. The van der Waals surface area contributed by atoms with Crippen LogP contribution in [-0.2, 0) is 21.4 Å². The van der Waals surface area contributed by atoms with E-state index in [1.165, 1.54) is 30.7 Å². The molecule has 35 heavy (non-hydrogen) atoms. The fourth-order valence-electron chi connectivity index (χ4n) is 3.25. The number of pyridine rings is 1. The Hall–Kier alpha value is -3.86. The summed E-state index contributed by atoms with van der Waals surface area (Å²) in [7, 11) is -2.11. The third kappa shape index (κ3) is 6.18. The van der Waals surface area contributed by atoms with Crippen molar-refractivity contribution in [1.29, 1.82) is 0 Å². The van der Waals surface area contributed by atoms with E-state index < -0.39 is 27.9 Å². The molecule has 182 valence electrons. The molecule has 0 spiro atoms. The number of hydrogen-bond acceptors (Lipinski definition) is 6. The first-order valence-electron chi connectivity index (χ1n) is 10.5. The summed E-state index contributed by atoms with van der Waals surface area (Å²) >= 11 is 0. The van der Waals surface area contributed by atoms with Crippen LogP contribution in [-0.4, -0.2) is 40.6 Å². The summed E-state index contributed by atoms with van der Waals surface area (Å²) in [5.74, 6) is -1.70. The highest BCUT2D eigenvalue weighted by atomic mass is 32.2. The summed E-state index contributed by atoms with van der Waals surface area (Å²) in [6, 6.07) is 19.0. The van der Waals surface area contributed by atoms with E-state index in [1.54, 1.807) is 67.7 Å². The van der Waals surface area contributed by atoms with Crippen LogP contribution in [0, 0.1) is 5.82 Å². The van der Waals surface area contributed by atoms with Crippen molar-refractivity contribution >= 4 is 16.0 Å². The number of halogens is 1. The predicted octanol–water partition coefficient (Wildman–Crippen LogP) is 3.45. The summed E-state index contributed by atoms with van der Waals surface area (Å²) in [5.41, 5.74) is 1.65. The Kier molecular flexibility index (Phi) is 8.48. The number of benzene rings is 2. The number of rotatable bonds is 7. The Morgan fingerprint density at radius 3 is 2.37 bits per heavy atom. The van der Waals surface area contributed by atoms with Crippen LogP contribution in [0.25, 0.3) is 11.3 Å².